The molecule has 3 heterocycles. The maximum Gasteiger partial charge on any atom is 0.387 e. The molecule has 4 aromatic rings. The highest BCUT2D eigenvalue weighted by Crippen LogP contribution is 2.38. The van der Waals surface area contributed by atoms with Crippen LogP contribution in [0.25, 0.3) is 10.9 Å². The molecule has 7 N–H and O–H groups in total. The highest BCUT2D eigenvalue weighted by atomic mass is 19.3. The molecule has 2 aromatic carbocycles. The van der Waals surface area contributed by atoms with Crippen LogP contribution in [-0.4, -0.2) is 52.8 Å². The van der Waals surface area contributed by atoms with Crippen molar-refractivity contribution in [3.63, 3.8) is 0 Å². The summed E-state index contributed by atoms with van der Waals surface area (Å²) in [6.07, 6.45) is 3.39. The van der Waals surface area contributed by atoms with Gasteiger partial charge in [0.2, 0.25) is 23.3 Å². The molecule has 1 aliphatic rings. The molecule has 242 valence electrons. The molecule has 2 aromatic heterocycles. The number of ether oxygens (including phenoxy) is 2. The Morgan fingerprint density at radius 3 is 2.48 bits per heavy atom. The molecule has 1 amide bonds. The van der Waals surface area contributed by atoms with Crippen molar-refractivity contribution in [2.75, 3.05) is 24.6 Å². The quantitative estimate of drug-likeness (QED) is 0.0638. The van der Waals surface area contributed by atoms with Crippen LogP contribution in [0.2, 0.25) is 0 Å². The molecule has 1 saturated heterocycles. The van der Waals surface area contributed by atoms with Crippen molar-refractivity contribution in [1.82, 2.24) is 14.9 Å². The Morgan fingerprint density at radius 1 is 1.15 bits per heavy atom. The van der Waals surface area contributed by atoms with Gasteiger partial charge in [0.15, 0.2) is 11.6 Å². The van der Waals surface area contributed by atoms with Crippen LogP contribution in [0.1, 0.15) is 40.4 Å². The lowest BCUT2D eigenvalue weighted by atomic mass is 9.88. The van der Waals surface area contributed by atoms with Crippen molar-refractivity contribution < 1.29 is 36.6 Å². The van der Waals surface area contributed by atoms with Crippen molar-refractivity contribution in [3.8, 4) is 17.4 Å². The highest BCUT2D eigenvalue weighted by molar-refractivity contribution is 6.07. The maximum absolute atomic E-state index is 14.0. The molecule has 1 fully saturated rings. The fourth-order valence-electron chi connectivity index (χ4n) is 5.33. The first-order valence-corrected chi connectivity index (χ1v) is 14.2. The van der Waals surface area contributed by atoms with Gasteiger partial charge in [0.25, 0.3) is 0 Å². The predicted octanol–water partition coefficient (Wildman–Crippen LogP) is 4.57. The number of likely N-dealkylation sites (tertiary alicyclic amines) is 1. The Bertz CT molecular complexity index is 1780. The number of pyridine rings is 1. The smallest absolute Gasteiger partial charge is 0.387 e. The van der Waals surface area contributed by atoms with Crippen molar-refractivity contribution in [1.29, 1.82) is 0 Å². The lowest BCUT2D eigenvalue weighted by molar-refractivity contribution is -0.130. The number of halogens is 4. The van der Waals surface area contributed by atoms with Crippen LogP contribution in [-0.2, 0) is 4.79 Å². The number of benzene rings is 2. The monoisotopic (exact) mass is 641 g/mol. The molecule has 0 unspecified atom stereocenters. The minimum Gasteiger partial charge on any atom is -0.435 e. The molecule has 11 nitrogen and oxygen atoms in total. The van der Waals surface area contributed by atoms with Gasteiger partial charge in [-0.2, -0.15) is 8.78 Å². The number of nitrogens with one attached hydrogen (secondary N) is 1. The molecular formula is C31H31F4N7O4. The fourth-order valence-corrected chi connectivity index (χ4v) is 5.33. The number of hydrazine groups is 1. The largest absolute Gasteiger partial charge is 0.435 e. The SMILES string of the molecule is Cc1cc(Oc2c(F)cccc2F)ncc1N(N)/C(N)=C/C(=O)c1cc2cc(OC(F)F)c(C3CCN(C(=O)CN)CC3)cc2[nH]1. The molecule has 0 radical (unpaired) electrons. The molecule has 0 atom stereocenters. The number of aromatic amines is 1. The van der Waals surface area contributed by atoms with Gasteiger partial charge in [-0.25, -0.2) is 19.6 Å². The summed E-state index contributed by atoms with van der Waals surface area (Å²) in [5, 5.41) is 1.46. The van der Waals surface area contributed by atoms with E-state index in [0.29, 0.717) is 48.0 Å². The Labute approximate surface area is 260 Å². The van der Waals surface area contributed by atoms with Gasteiger partial charge in [0, 0.05) is 36.1 Å². The van der Waals surface area contributed by atoms with Crippen LogP contribution in [0.3, 0.4) is 0 Å². The maximum atomic E-state index is 14.0. The Hall–Kier alpha value is -5.15. The number of allylic oxidation sites excluding steroid dienone is 1. The zero-order chi connectivity index (χ0) is 33.1. The number of anilines is 1. The van der Waals surface area contributed by atoms with Gasteiger partial charge >= 0.3 is 6.61 Å². The molecule has 0 bridgehead atoms. The van der Waals surface area contributed by atoms with E-state index in [-0.39, 0.29) is 47.2 Å². The number of alkyl halides is 2. The summed E-state index contributed by atoms with van der Waals surface area (Å²) in [5.74, 6) is 2.57. The number of carbonyl (C=O) groups is 2. The van der Waals surface area contributed by atoms with E-state index in [9.17, 15) is 27.2 Å². The van der Waals surface area contributed by atoms with Gasteiger partial charge < -0.3 is 30.8 Å². The van der Waals surface area contributed by atoms with E-state index in [1.54, 1.807) is 17.9 Å². The molecule has 5 rings (SSSR count). The number of aromatic nitrogens is 2. The van der Waals surface area contributed by atoms with Gasteiger partial charge in [-0.1, -0.05) is 6.07 Å². The second kappa shape index (κ2) is 13.5. The summed E-state index contributed by atoms with van der Waals surface area (Å²) in [4.78, 5) is 33.8. The van der Waals surface area contributed by atoms with E-state index in [1.165, 1.54) is 30.5 Å². The van der Waals surface area contributed by atoms with Gasteiger partial charge in [-0.15, -0.1) is 0 Å². The standard InChI is InChI=1S/C31H31F4N7O4/c1-16-9-28(46-30-20(32)3-2-4-21(30)33)39-15-24(16)42(38)27(37)13-25(43)23-10-18-11-26(45-31(34)35)19(12-22(18)40-23)17-5-7-41(8-6-17)29(44)14-36/h2-4,9-13,15,17,31,40H,5-8,14,36-38H2,1H3/b27-13+. The molecule has 15 heteroatoms. The summed E-state index contributed by atoms with van der Waals surface area (Å²) < 4.78 is 64.7. The minimum absolute atomic E-state index is 0.0135. The number of ketones is 1. The number of nitrogens with zero attached hydrogens (tertiary/aromatic N) is 3. The summed E-state index contributed by atoms with van der Waals surface area (Å²) in [6, 6.07) is 9.28. The predicted molar refractivity (Wildman–Crippen MR) is 161 cm³/mol. The van der Waals surface area contributed by atoms with E-state index in [4.69, 9.17) is 26.8 Å². The number of rotatable bonds is 10. The number of fused-ring (bicyclic) bond motifs is 1. The van der Waals surface area contributed by atoms with E-state index in [0.717, 1.165) is 23.2 Å². The molecule has 0 spiro atoms. The molecule has 0 saturated carbocycles. The highest BCUT2D eigenvalue weighted by Gasteiger charge is 2.27. The lowest BCUT2D eigenvalue weighted by Crippen LogP contribution is -2.41. The third kappa shape index (κ3) is 6.89. The van der Waals surface area contributed by atoms with Gasteiger partial charge in [-0.3, -0.25) is 14.6 Å². The number of hydrogen-bond acceptors (Lipinski definition) is 9. The van der Waals surface area contributed by atoms with Crippen molar-refractivity contribution in [2.45, 2.75) is 32.3 Å². The van der Waals surface area contributed by atoms with Crippen LogP contribution in [0.5, 0.6) is 17.4 Å². The van der Waals surface area contributed by atoms with E-state index < -0.39 is 29.8 Å². The van der Waals surface area contributed by atoms with Crippen molar-refractivity contribution in [3.05, 3.63) is 89.0 Å². The Morgan fingerprint density at radius 2 is 1.85 bits per heavy atom. The summed E-state index contributed by atoms with van der Waals surface area (Å²) in [7, 11) is 0. The second-order valence-electron chi connectivity index (χ2n) is 10.7. The number of nitrogens with two attached hydrogens (primary N) is 3. The molecule has 46 heavy (non-hydrogen) atoms. The van der Waals surface area contributed by atoms with E-state index in [1.807, 2.05) is 0 Å². The first kappa shape index (κ1) is 32.2. The van der Waals surface area contributed by atoms with Gasteiger partial charge in [-0.05, 0) is 67.1 Å². The molecule has 0 aliphatic carbocycles. The van der Waals surface area contributed by atoms with Crippen LogP contribution in [0.15, 0.2) is 60.6 Å². The normalized spacial score (nSPS) is 14.2. The van der Waals surface area contributed by atoms with E-state index in [2.05, 4.69) is 9.97 Å². The third-order valence-corrected chi connectivity index (χ3v) is 7.70. The summed E-state index contributed by atoms with van der Waals surface area (Å²) >= 11 is 0. The topological polar surface area (TPSA) is 166 Å². The first-order valence-electron chi connectivity index (χ1n) is 14.2. The first-order chi connectivity index (χ1) is 21.9. The number of piperidine rings is 1. The van der Waals surface area contributed by atoms with Crippen molar-refractivity contribution >= 4 is 28.3 Å². The van der Waals surface area contributed by atoms with Crippen molar-refractivity contribution in [2.24, 2.45) is 17.3 Å². The van der Waals surface area contributed by atoms with Gasteiger partial charge in [0.05, 0.1) is 24.1 Å². The second-order valence-corrected chi connectivity index (χ2v) is 10.7. The van der Waals surface area contributed by atoms with E-state index >= 15 is 0 Å². The average Bonchev–Trinajstić information content (AvgIpc) is 3.45. The zero-order valence-corrected chi connectivity index (χ0v) is 24.6. The number of hydrogen-bond donors (Lipinski definition) is 4. The molecule has 1 aliphatic heterocycles. The fraction of sp³-hybridized carbons (Fsp3) is 0.258. The van der Waals surface area contributed by atoms with Crippen LogP contribution >= 0.6 is 0 Å². The van der Waals surface area contributed by atoms with Crippen LogP contribution in [0, 0.1) is 18.6 Å². The van der Waals surface area contributed by atoms with Gasteiger partial charge in [0.1, 0.15) is 11.6 Å². The average molecular weight is 642 g/mol. The van der Waals surface area contributed by atoms with Crippen LogP contribution < -0.4 is 31.8 Å². The van der Waals surface area contributed by atoms with Crippen LogP contribution in [0.4, 0.5) is 23.2 Å². The number of aryl methyl sites for hydroxylation is 1. The zero-order valence-electron chi connectivity index (χ0n) is 24.6. The lowest BCUT2D eigenvalue weighted by Gasteiger charge is -2.32. The summed E-state index contributed by atoms with van der Waals surface area (Å²) in [6.45, 7) is -0.683. The Balaban J connectivity index is 1.35. The third-order valence-electron chi connectivity index (χ3n) is 7.70. The minimum atomic E-state index is -3.06. The summed E-state index contributed by atoms with van der Waals surface area (Å²) in [5.41, 5.74) is 13.5. The number of H-pyrrole nitrogens is 1. The number of para-hydroxylation sites is 1. The molecular weight excluding hydrogens is 610 g/mol. The number of amides is 1. The Kier molecular flexibility index (Phi) is 9.44. The number of carbonyl (C=O) groups excluding carboxylic acids is 2.